The van der Waals surface area contributed by atoms with Crippen molar-refractivity contribution in [2.45, 2.75) is 13.0 Å². The number of fused-ring (bicyclic) bond motifs is 1. The molecule has 23 heavy (non-hydrogen) atoms. The zero-order valence-corrected chi connectivity index (χ0v) is 12.5. The number of hydrogen-bond donors (Lipinski definition) is 1. The summed E-state index contributed by atoms with van der Waals surface area (Å²) in [4.78, 5) is 14.0. The zero-order valence-electron chi connectivity index (χ0n) is 12.5. The molecule has 0 aliphatic carbocycles. The summed E-state index contributed by atoms with van der Waals surface area (Å²) in [5.74, 6) is -2.09. The number of hydrogen-bond acceptors (Lipinski definition) is 3. The second-order valence-corrected chi connectivity index (χ2v) is 5.29. The third-order valence-electron chi connectivity index (χ3n) is 3.89. The van der Waals surface area contributed by atoms with Crippen molar-refractivity contribution < 1.29 is 13.6 Å². The maximum Gasteiger partial charge on any atom is 0.254 e. The molecule has 1 N–H and O–H groups in total. The fourth-order valence-electron chi connectivity index (χ4n) is 2.35. The summed E-state index contributed by atoms with van der Waals surface area (Å²) in [6.07, 6.45) is 0. The van der Waals surface area contributed by atoms with Gasteiger partial charge < -0.3 is 4.90 Å². The number of benzene rings is 2. The number of amides is 1. The van der Waals surface area contributed by atoms with Crippen LogP contribution in [0, 0.1) is 11.6 Å². The van der Waals surface area contributed by atoms with E-state index in [9.17, 15) is 13.6 Å². The Labute approximate surface area is 130 Å². The van der Waals surface area contributed by atoms with Gasteiger partial charge in [0.1, 0.15) is 11.0 Å². The molecule has 0 spiro atoms. The van der Waals surface area contributed by atoms with Gasteiger partial charge in [-0.15, -0.1) is 0 Å². The van der Waals surface area contributed by atoms with Gasteiger partial charge >= 0.3 is 0 Å². The summed E-state index contributed by atoms with van der Waals surface area (Å²) in [5, 5.41) is 10.4. The molecule has 7 heteroatoms. The van der Waals surface area contributed by atoms with Crippen molar-refractivity contribution in [3.05, 3.63) is 59.2 Å². The standard InChI is InChI=1S/C16H14F2N4O/c1-9(10-3-5-12(17)13(18)7-10)22(2)16(23)11-4-6-14-15(8-11)20-21-19-14/h3-9H,1-2H3,(H,19,20,21). The molecule has 1 amide bonds. The predicted molar refractivity (Wildman–Crippen MR) is 80.8 cm³/mol. The van der Waals surface area contributed by atoms with E-state index < -0.39 is 17.7 Å². The van der Waals surface area contributed by atoms with E-state index in [1.54, 1.807) is 32.2 Å². The molecule has 0 bridgehead atoms. The summed E-state index contributed by atoms with van der Waals surface area (Å²) in [6, 6.07) is 8.20. The van der Waals surface area contributed by atoms with Gasteiger partial charge in [0, 0.05) is 12.6 Å². The summed E-state index contributed by atoms with van der Waals surface area (Å²) in [7, 11) is 1.61. The lowest BCUT2D eigenvalue weighted by Gasteiger charge is -2.25. The van der Waals surface area contributed by atoms with Crippen molar-refractivity contribution in [2.24, 2.45) is 0 Å². The first-order valence-corrected chi connectivity index (χ1v) is 7.00. The van der Waals surface area contributed by atoms with Gasteiger partial charge in [-0.05, 0) is 42.8 Å². The second-order valence-electron chi connectivity index (χ2n) is 5.29. The molecule has 3 aromatic rings. The van der Waals surface area contributed by atoms with Crippen LogP contribution >= 0.6 is 0 Å². The van der Waals surface area contributed by atoms with Gasteiger partial charge in [0.15, 0.2) is 11.6 Å². The van der Waals surface area contributed by atoms with Crippen LogP contribution in [-0.2, 0) is 0 Å². The van der Waals surface area contributed by atoms with E-state index in [2.05, 4.69) is 15.4 Å². The summed E-state index contributed by atoms with van der Waals surface area (Å²) in [5.41, 5.74) is 2.22. The van der Waals surface area contributed by atoms with Crippen LogP contribution in [0.1, 0.15) is 28.9 Å². The largest absolute Gasteiger partial charge is 0.335 e. The molecule has 0 aliphatic heterocycles. The van der Waals surface area contributed by atoms with Crippen LogP contribution in [-0.4, -0.2) is 33.3 Å². The van der Waals surface area contributed by atoms with Crippen LogP contribution < -0.4 is 0 Å². The Morgan fingerprint density at radius 3 is 2.57 bits per heavy atom. The molecule has 1 heterocycles. The van der Waals surface area contributed by atoms with E-state index in [0.29, 0.717) is 22.2 Å². The third kappa shape index (κ3) is 2.77. The van der Waals surface area contributed by atoms with E-state index in [1.807, 2.05) is 0 Å². The molecule has 3 rings (SSSR count). The van der Waals surface area contributed by atoms with Gasteiger partial charge in [-0.2, -0.15) is 15.4 Å². The smallest absolute Gasteiger partial charge is 0.254 e. The van der Waals surface area contributed by atoms with Crippen LogP contribution in [0.4, 0.5) is 8.78 Å². The van der Waals surface area contributed by atoms with Gasteiger partial charge in [0.05, 0.1) is 6.04 Å². The SMILES string of the molecule is CC(c1ccc(F)c(F)c1)N(C)C(=O)c1ccc2n[nH]nc2c1. The highest BCUT2D eigenvalue weighted by molar-refractivity contribution is 5.97. The lowest BCUT2D eigenvalue weighted by molar-refractivity contribution is 0.0742. The highest BCUT2D eigenvalue weighted by atomic mass is 19.2. The van der Waals surface area contributed by atoms with Gasteiger partial charge in [-0.3, -0.25) is 4.79 Å². The van der Waals surface area contributed by atoms with Crippen LogP contribution in [0.3, 0.4) is 0 Å². The molecule has 1 atom stereocenters. The number of aromatic amines is 1. The van der Waals surface area contributed by atoms with Crippen LogP contribution in [0.5, 0.6) is 0 Å². The minimum atomic E-state index is -0.931. The molecule has 118 valence electrons. The number of carbonyl (C=O) groups excluding carboxylic acids is 1. The van der Waals surface area contributed by atoms with Crippen LogP contribution in [0.2, 0.25) is 0 Å². The van der Waals surface area contributed by atoms with Crippen molar-refractivity contribution in [3.63, 3.8) is 0 Å². The first-order valence-electron chi connectivity index (χ1n) is 7.00. The lowest BCUT2D eigenvalue weighted by Crippen LogP contribution is -2.29. The number of nitrogens with one attached hydrogen (secondary N) is 1. The molecule has 0 fully saturated rings. The van der Waals surface area contributed by atoms with E-state index >= 15 is 0 Å². The molecule has 0 saturated carbocycles. The first-order chi connectivity index (χ1) is 11.0. The van der Waals surface area contributed by atoms with Gasteiger partial charge in [0.25, 0.3) is 5.91 Å². The Morgan fingerprint density at radius 2 is 1.83 bits per heavy atom. The van der Waals surface area contributed by atoms with E-state index in [1.165, 1.54) is 11.0 Å². The fourth-order valence-corrected chi connectivity index (χ4v) is 2.35. The minimum Gasteiger partial charge on any atom is -0.335 e. The molecule has 0 radical (unpaired) electrons. The molecule has 1 aromatic heterocycles. The summed E-state index contributed by atoms with van der Waals surface area (Å²) < 4.78 is 26.4. The average molecular weight is 316 g/mol. The lowest BCUT2D eigenvalue weighted by atomic mass is 10.1. The Morgan fingerprint density at radius 1 is 1.09 bits per heavy atom. The molecule has 0 aliphatic rings. The number of halogens is 2. The highest BCUT2D eigenvalue weighted by Crippen LogP contribution is 2.23. The van der Waals surface area contributed by atoms with Gasteiger partial charge in [-0.1, -0.05) is 6.07 Å². The Hall–Kier alpha value is -2.83. The molecular weight excluding hydrogens is 302 g/mol. The van der Waals surface area contributed by atoms with E-state index in [4.69, 9.17) is 0 Å². The molecule has 2 aromatic carbocycles. The van der Waals surface area contributed by atoms with Crippen molar-refractivity contribution in [1.29, 1.82) is 0 Å². The zero-order chi connectivity index (χ0) is 16.6. The Balaban J connectivity index is 1.86. The minimum absolute atomic E-state index is 0.243. The van der Waals surface area contributed by atoms with Crippen molar-refractivity contribution in [3.8, 4) is 0 Å². The maximum absolute atomic E-state index is 13.4. The number of H-pyrrole nitrogens is 1. The normalized spacial score (nSPS) is 12.3. The summed E-state index contributed by atoms with van der Waals surface area (Å²) >= 11 is 0. The highest BCUT2D eigenvalue weighted by Gasteiger charge is 2.20. The van der Waals surface area contributed by atoms with Crippen molar-refractivity contribution in [2.75, 3.05) is 7.05 Å². The molecule has 0 saturated heterocycles. The third-order valence-corrected chi connectivity index (χ3v) is 3.89. The number of carbonyl (C=O) groups is 1. The maximum atomic E-state index is 13.4. The van der Waals surface area contributed by atoms with Crippen LogP contribution in [0.15, 0.2) is 36.4 Å². The quantitative estimate of drug-likeness (QED) is 0.808. The van der Waals surface area contributed by atoms with Gasteiger partial charge in [0.2, 0.25) is 0 Å². The number of nitrogens with zero attached hydrogens (tertiary/aromatic N) is 3. The van der Waals surface area contributed by atoms with E-state index in [0.717, 1.165) is 12.1 Å². The predicted octanol–water partition coefficient (Wildman–Crippen LogP) is 3.07. The summed E-state index contributed by atoms with van der Waals surface area (Å²) in [6.45, 7) is 1.75. The molecule has 5 nitrogen and oxygen atoms in total. The van der Waals surface area contributed by atoms with Gasteiger partial charge in [-0.25, -0.2) is 8.78 Å². The fraction of sp³-hybridized carbons (Fsp3) is 0.188. The van der Waals surface area contributed by atoms with Crippen LogP contribution in [0.25, 0.3) is 11.0 Å². The monoisotopic (exact) mass is 316 g/mol. The topological polar surface area (TPSA) is 61.9 Å². The average Bonchev–Trinajstić information content (AvgIpc) is 3.02. The second kappa shape index (κ2) is 5.75. The number of aromatic nitrogens is 3. The Bertz CT molecular complexity index is 877. The molecule has 1 unspecified atom stereocenters. The molecular formula is C16H14F2N4O. The first kappa shape index (κ1) is 15.1. The number of rotatable bonds is 3. The van der Waals surface area contributed by atoms with Crippen molar-refractivity contribution in [1.82, 2.24) is 20.3 Å². The Kier molecular flexibility index (Phi) is 3.77. The van der Waals surface area contributed by atoms with E-state index in [-0.39, 0.29) is 5.91 Å². The van der Waals surface area contributed by atoms with Crippen molar-refractivity contribution >= 4 is 16.9 Å².